The van der Waals surface area contributed by atoms with E-state index in [1.165, 1.54) is 11.1 Å². The molecule has 1 aliphatic rings. The van der Waals surface area contributed by atoms with Crippen LogP contribution < -0.4 is 15.0 Å². The molecule has 0 radical (unpaired) electrons. The van der Waals surface area contributed by atoms with E-state index in [0.29, 0.717) is 18.0 Å². The van der Waals surface area contributed by atoms with Gasteiger partial charge in [-0.25, -0.2) is 0 Å². The van der Waals surface area contributed by atoms with Gasteiger partial charge in [0.15, 0.2) is 0 Å². The third-order valence-corrected chi connectivity index (χ3v) is 5.85. The Morgan fingerprint density at radius 2 is 1.53 bits per heavy atom. The van der Waals surface area contributed by atoms with Crippen LogP contribution in [0.2, 0.25) is 0 Å². The van der Waals surface area contributed by atoms with Crippen molar-refractivity contribution in [1.29, 1.82) is 0 Å². The van der Waals surface area contributed by atoms with Crippen LogP contribution in [0.25, 0.3) is 0 Å². The molecule has 3 aromatic rings. The van der Waals surface area contributed by atoms with Crippen LogP contribution in [-0.2, 0) is 9.59 Å². The maximum absolute atomic E-state index is 12.8. The number of hydrogen-bond acceptors (Lipinski definition) is 3. The van der Waals surface area contributed by atoms with Gasteiger partial charge in [0.2, 0.25) is 11.8 Å². The second kappa shape index (κ2) is 8.87. The standard InChI is InChI=1S/C27H28N2O3/c1-17-11-18(2)13-23(12-17)29-16-21(15-26(29)30)27(31)28-22-6-9-24(10-7-22)32-25-8-5-19(3)20(4)14-25/h5-14,21H,15-16H2,1-4H3,(H,28,31)/t21-/m0/s1. The van der Waals surface area contributed by atoms with Crippen LogP contribution in [0.1, 0.15) is 28.7 Å². The molecule has 0 aromatic heterocycles. The minimum Gasteiger partial charge on any atom is -0.457 e. The summed E-state index contributed by atoms with van der Waals surface area (Å²) in [4.78, 5) is 27.1. The summed E-state index contributed by atoms with van der Waals surface area (Å²) in [7, 11) is 0. The number of aryl methyl sites for hydroxylation is 4. The number of amides is 2. The van der Waals surface area contributed by atoms with Gasteiger partial charge in [-0.1, -0.05) is 12.1 Å². The Hall–Kier alpha value is -3.60. The van der Waals surface area contributed by atoms with Crippen LogP contribution in [0, 0.1) is 33.6 Å². The minimum atomic E-state index is -0.380. The van der Waals surface area contributed by atoms with E-state index in [2.05, 4.69) is 25.2 Å². The fourth-order valence-electron chi connectivity index (χ4n) is 4.00. The Morgan fingerprint density at radius 3 is 2.19 bits per heavy atom. The summed E-state index contributed by atoms with van der Waals surface area (Å²) in [6, 6.07) is 19.3. The van der Waals surface area contributed by atoms with Gasteiger partial charge in [0.05, 0.1) is 5.92 Å². The van der Waals surface area contributed by atoms with Gasteiger partial charge in [-0.3, -0.25) is 9.59 Å². The van der Waals surface area contributed by atoms with Crippen molar-refractivity contribution in [2.24, 2.45) is 5.92 Å². The Balaban J connectivity index is 1.38. The number of carbonyl (C=O) groups is 2. The third kappa shape index (κ3) is 4.83. The van der Waals surface area contributed by atoms with Gasteiger partial charge in [0.1, 0.15) is 11.5 Å². The summed E-state index contributed by atoms with van der Waals surface area (Å²) < 4.78 is 5.91. The van der Waals surface area contributed by atoms with Gasteiger partial charge < -0.3 is 15.0 Å². The molecule has 1 atom stereocenters. The molecule has 0 spiro atoms. The van der Waals surface area contributed by atoms with E-state index in [9.17, 15) is 9.59 Å². The average Bonchev–Trinajstić information content (AvgIpc) is 3.13. The van der Waals surface area contributed by atoms with Crippen molar-refractivity contribution in [2.45, 2.75) is 34.1 Å². The Morgan fingerprint density at radius 1 is 0.875 bits per heavy atom. The molecule has 0 unspecified atom stereocenters. The molecule has 5 nitrogen and oxygen atoms in total. The fraction of sp³-hybridized carbons (Fsp3) is 0.259. The van der Waals surface area contributed by atoms with E-state index < -0.39 is 0 Å². The molecule has 32 heavy (non-hydrogen) atoms. The van der Waals surface area contributed by atoms with Gasteiger partial charge in [-0.15, -0.1) is 0 Å². The van der Waals surface area contributed by atoms with Crippen molar-refractivity contribution >= 4 is 23.2 Å². The highest BCUT2D eigenvalue weighted by Gasteiger charge is 2.35. The molecular weight excluding hydrogens is 400 g/mol. The van der Waals surface area contributed by atoms with Gasteiger partial charge in [0, 0.05) is 24.3 Å². The maximum Gasteiger partial charge on any atom is 0.229 e. The molecule has 164 valence electrons. The first-order valence-electron chi connectivity index (χ1n) is 10.8. The molecule has 4 rings (SSSR count). The SMILES string of the molecule is Cc1cc(C)cc(N2C[C@@H](C(=O)Nc3ccc(Oc4ccc(C)c(C)c4)cc3)CC2=O)c1. The summed E-state index contributed by atoms with van der Waals surface area (Å²) in [5.74, 6) is 0.930. The first kappa shape index (κ1) is 21.6. The topological polar surface area (TPSA) is 58.6 Å². The highest BCUT2D eigenvalue weighted by Crippen LogP contribution is 2.29. The smallest absolute Gasteiger partial charge is 0.229 e. The largest absolute Gasteiger partial charge is 0.457 e. The van der Waals surface area contributed by atoms with E-state index in [1.807, 2.05) is 68.4 Å². The average molecular weight is 429 g/mol. The summed E-state index contributed by atoms with van der Waals surface area (Å²) in [6.07, 6.45) is 0.215. The van der Waals surface area contributed by atoms with Gasteiger partial charge in [0.25, 0.3) is 0 Å². The summed E-state index contributed by atoms with van der Waals surface area (Å²) in [5.41, 5.74) is 6.13. The summed E-state index contributed by atoms with van der Waals surface area (Å²) in [5, 5.41) is 2.93. The van der Waals surface area contributed by atoms with Crippen LogP contribution in [0.15, 0.2) is 60.7 Å². The van der Waals surface area contributed by atoms with Crippen molar-refractivity contribution in [1.82, 2.24) is 0 Å². The number of nitrogens with one attached hydrogen (secondary N) is 1. The maximum atomic E-state index is 12.8. The lowest BCUT2D eigenvalue weighted by molar-refractivity contribution is -0.122. The quantitative estimate of drug-likeness (QED) is 0.567. The molecule has 2 amide bonds. The van der Waals surface area contributed by atoms with E-state index >= 15 is 0 Å². The zero-order valence-electron chi connectivity index (χ0n) is 18.9. The zero-order chi connectivity index (χ0) is 22.8. The van der Waals surface area contributed by atoms with Crippen molar-refractivity contribution in [2.75, 3.05) is 16.8 Å². The normalized spacial score (nSPS) is 15.7. The number of carbonyl (C=O) groups excluding carboxylic acids is 2. The van der Waals surface area contributed by atoms with Gasteiger partial charge in [-0.05, 0) is 98.5 Å². The van der Waals surface area contributed by atoms with Gasteiger partial charge in [-0.2, -0.15) is 0 Å². The van der Waals surface area contributed by atoms with E-state index in [1.54, 1.807) is 4.90 Å². The lowest BCUT2D eigenvalue weighted by Crippen LogP contribution is -2.28. The summed E-state index contributed by atoms with van der Waals surface area (Å²) in [6.45, 7) is 8.52. The molecule has 5 heteroatoms. The lowest BCUT2D eigenvalue weighted by atomic mass is 10.1. The molecule has 1 N–H and O–H groups in total. The molecule has 0 bridgehead atoms. The van der Waals surface area contributed by atoms with Gasteiger partial charge >= 0.3 is 0 Å². The number of ether oxygens (including phenoxy) is 1. The predicted molar refractivity (Wildman–Crippen MR) is 127 cm³/mol. The second-order valence-electron chi connectivity index (χ2n) is 8.61. The van der Waals surface area contributed by atoms with Crippen LogP contribution >= 0.6 is 0 Å². The first-order valence-corrected chi connectivity index (χ1v) is 10.8. The van der Waals surface area contributed by atoms with E-state index in [4.69, 9.17) is 4.74 Å². The van der Waals surface area contributed by atoms with Crippen LogP contribution in [0.5, 0.6) is 11.5 Å². The molecule has 1 fully saturated rings. The van der Waals surface area contributed by atoms with Crippen LogP contribution in [-0.4, -0.2) is 18.4 Å². The highest BCUT2D eigenvalue weighted by atomic mass is 16.5. The minimum absolute atomic E-state index is 0.0210. The number of nitrogens with zero attached hydrogens (tertiary/aromatic N) is 1. The molecular formula is C27H28N2O3. The first-order chi connectivity index (χ1) is 15.3. The van der Waals surface area contributed by atoms with Crippen molar-refractivity contribution in [3.05, 3.63) is 82.9 Å². The Bertz CT molecular complexity index is 1150. The highest BCUT2D eigenvalue weighted by molar-refractivity contribution is 6.03. The van der Waals surface area contributed by atoms with Crippen molar-refractivity contribution in [3.8, 4) is 11.5 Å². The third-order valence-electron chi connectivity index (χ3n) is 5.85. The van der Waals surface area contributed by atoms with Crippen LogP contribution in [0.3, 0.4) is 0 Å². The van der Waals surface area contributed by atoms with E-state index in [0.717, 1.165) is 22.6 Å². The molecule has 0 aliphatic carbocycles. The second-order valence-corrected chi connectivity index (χ2v) is 8.61. The fourth-order valence-corrected chi connectivity index (χ4v) is 4.00. The predicted octanol–water partition coefficient (Wildman–Crippen LogP) is 5.70. The number of hydrogen-bond donors (Lipinski definition) is 1. The monoisotopic (exact) mass is 428 g/mol. The molecule has 1 heterocycles. The Kier molecular flexibility index (Phi) is 5.99. The zero-order valence-corrected chi connectivity index (χ0v) is 18.9. The molecule has 1 saturated heterocycles. The molecule has 1 aliphatic heterocycles. The Labute approximate surface area is 189 Å². The van der Waals surface area contributed by atoms with Crippen molar-refractivity contribution < 1.29 is 14.3 Å². The number of benzene rings is 3. The molecule has 0 saturated carbocycles. The van der Waals surface area contributed by atoms with Crippen molar-refractivity contribution in [3.63, 3.8) is 0 Å². The number of rotatable bonds is 5. The van der Waals surface area contributed by atoms with E-state index in [-0.39, 0.29) is 24.2 Å². The number of anilines is 2. The molecule has 3 aromatic carbocycles. The van der Waals surface area contributed by atoms with Crippen LogP contribution in [0.4, 0.5) is 11.4 Å². The lowest BCUT2D eigenvalue weighted by Gasteiger charge is -2.18. The summed E-state index contributed by atoms with van der Waals surface area (Å²) >= 11 is 0.